The summed E-state index contributed by atoms with van der Waals surface area (Å²) in [5.41, 5.74) is 6.65. The lowest BCUT2D eigenvalue weighted by Crippen LogP contribution is -2.13. The zero-order valence-electron chi connectivity index (χ0n) is 9.54. The first-order valence-corrected chi connectivity index (χ1v) is 6.95. The number of ether oxygens (including phenoxy) is 1. The van der Waals surface area contributed by atoms with Gasteiger partial charge in [0.15, 0.2) is 6.10 Å². The molecule has 17 heavy (non-hydrogen) atoms. The molecule has 0 saturated heterocycles. The average molecular weight is 362 g/mol. The van der Waals surface area contributed by atoms with Gasteiger partial charge < -0.3 is 10.5 Å². The zero-order chi connectivity index (χ0) is 12.8. The summed E-state index contributed by atoms with van der Waals surface area (Å²) in [6.07, 6.45) is 1.04. The Bertz CT molecular complexity index is 406. The first-order chi connectivity index (χ1) is 8.12. The van der Waals surface area contributed by atoms with Gasteiger partial charge in [0, 0.05) is 0 Å². The molecule has 5 heteroatoms. The van der Waals surface area contributed by atoms with Gasteiger partial charge in [-0.15, -0.1) is 0 Å². The van der Waals surface area contributed by atoms with E-state index in [-0.39, 0.29) is 0 Å². The van der Waals surface area contributed by atoms with Gasteiger partial charge in [-0.05, 0) is 68.9 Å². The molecule has 0 radical (unpaired) electrons. The van der Waals surface area contributed by atoms with Crippen LogP contribution in [0.5, 0.6) is 5.75 Å². The molecular weight excluding hydrogens is 348 g/mol. The Morgan fingerprint density at radius 1 is 1.41 bits per heavy atom. The van der Waals surface area contributed by atoms with Crippen LogP contribution in [-0.4, -0.2) is 12.6 Å². The summed E-state index contributed by atoms with van der Waals surface area (Å²) in [6, 6.07) is 6.05. The van der Waals surface area contributed by atoms with E-state index in [2.05, 4.69) is 37.9 Å². The molecule has 1 rings (SSSR count). The number of hydrogen-bond acceptors (Lipinski definition) is 3. The van der Waals surface area contributed by atoms with E-state index < -0.39 is 6.10 Å². The van der Waals surface area contributed by atoms with Crippen molar-refractivity contribution in [3.05, 3.63) is 26.6 Å². The molecule has 0 aliphatic heterocycles. The third-order valence-electron chi connectivity index (χ3n) is 2.27. The minimum atomic E-state index is -0.428. The molecule has 92 valence electrons. The highest BCUT2D eigenvalue weighted by Crippen LogP contribution is 2.35. The van der Waals surface area contributed by atoms with Gasteiger partial charge in [-0.1, -0.05) is 6.92 Å². The molecule has 1 aromatic carbocycles. The van der Waals surface area contributed by atoms with Gasteiger partial charge in [-0.2, -0.15) is 5.26 Å². The third kappa shape index (κ3) is 3.98. The zero-order valence-corrected chi connectivity index (χ0v) is 12.7. The smallest absolute Gasteiger partial charge is 0.184 e. The largest absolute Gasteiger partial charge is 0.473 e. The van der Waals surface area contributed by atoms with Crippen LogP contribution in [0.3, 0.4) is 0 Å². The summed E-state index contributed by atoms with van der Waals surface area (Å²) in [5, 5.41) is 8.89. The number of benzene rings is 1. The van der Waals surface area contributed by atoms with Gasteiger partial charge in [-0.3, -0.25) is 0 Å². The SMILES string of the molecule is CCC(C#N)Oc1c(Br)cc(CCN)cc1Br. The Hall–Kier alpha value is -0.570. The number of rotatable bonds is 5. The molecule has 0 aliphatic carbocycles. The molecule has 0 aliphatic rings. The maximum absolute atomic E-state index is 8.89. The second-order valence-electron chi connectivity index (χ2n) is 3.57. The summed E-state index contributed by atoms with van der Waals surface area (Å²) >= 11 is 6.90. The molecule has 0 fully saturated rings. The topological polar surface area (TPSA) is 59.0 Å². The van der Waals surface area contributed by atoms with Gasteiger partial charge in [-0.25, -0.2) is 0 Å². The Morgan fingerprint density at radius 3 is 2.41 bits per heavy atom. The van der Waals surface area contributed by atoms with E-state index in [1.54, 1.807) is 0 Å². The highest BCUT2D eigenvalue weighted by molar-refractivity contribution is 9.11. The first-order valence-electron chi connectivity index (χ1n) is 5.36. The standard InChI is InChI=1S/C12H14Br2N2O/c1-2-9(7-16)17-12-10(13)5-8(3-4-15)6-11(12)14/h5-6,9H,2-4,15H2,1H3. The molecule has 0 saturated carbocycles. The predicted octanol–water partition coefficient (Wildman–Crippen LogP) is 3.39. The van der Waals surface area contributed by atoms with Crippen LogP contribution in [0.4, 0.5) is 0 Å². The lowest BCUT2D eigenvalue weighted by atomic mass is 10.1. The fourth-order valence-corrected chi connectivity index (χ4v) is 2.85. The second kappa shape index (κ2) is 7.00. The molecule has 1 aromatic rings. The van der Waals surface area contributed by atoms with Crippen LogP contribution < -0.4 is 10.5 Å². The minimum Gasteiger partial charge on any atom is -0.473 e. The van der Waals surface area contributed by atoms with Crippen molar-refractivity contribution in [2.24, 2.45) is 5.73 Å². The van der Waals surface area contributed by atoms with Gasteiger partial charge in [0.25, 0.3) is 0 Å². The van der Waals surface area contributed by atoms with Crippen LogP contribution in [0, 0.1) is 11.3 Å². The molecule has 0 heterocycles. The molecule has 0 aromatic heterocycles. The van der Waals surface area contributed by atoms with E-state index in [1.165, 1.54) is 0 Å². The van der Waals surface area contributed by atoms with Crippen molar-refractivity contribution in [1.29, 1.82) is 5.26 Å². The fourth-order valence-electron chi connectivity index (χ4n) is 1.38. The first kappa shape index (κ1) is 14.5. The van der Waals surface area contributed by atoms with Crippen LogP contribution in [0.2, 0.25) is 0 Å². The van der Waals surface area contributed by atoms with E-state index in [0.717, 1.165) is 20.9 Å². The Kier molecular flexibility index (Phi) is 5.96. The number of halogens is 2. The quantitative estimate of drug-likeness (QED) is 0.874. The minimum absolute atomic E-state index is 0.428. The van der Waals surface area contributed by atoms with Crippen LogP contribution in [0.25, 0.3) is 0 Å². The van der Waals surface area contributed by atoms with E-state index in [1.807, 2.05) is 19.1 Å². The van der Waals surface area contributed by atoms with Crippen LogP contribution in [-0.2, 0) is 6.42 Å². The number of nitrogens with zero attached hydrogens (tertiary/aromatic N) is 1. The summed E-state index contributed by atoms with van der Waals surface area (Å²) < 4.78 is 7.30. The van der Waals surface area contributed by atoms with Gasteiger partial charge in [0.1, 0.15) is 11.8 Å². The van der Waals surface area contributed by atoms with Gasteiger partial charge in [0.2, 0.25) is 0 Å². The van der Waals surface area contributed by atoms with E-state index in [9.17, 15) is 0 Å². The van der Waals surface area contributed by atoms with Crippen molar-refractivity contribution in [1.82, 2.24) is 0 Å². The number of nitrogens with two attached hydrogens (primary N) is 1. The predicted molar refractivity (Wildman–Crippen MR) is 74.9 cm³/mol. The van der Waals surface area contributed by atoms with Gasteiger partial charge >= 0.3 is 0 Å². The van der Waals surface area contributed by atoms with E-state index >= 15 is 0 Å². The molecule has 1 atom stereocenters. The second-order valence-corrected chi connectivity index (χ2v) is 5.28. The van der Waals surface area contributed by atoms with Crippen molar-refractivity contribution in [2.45, 2.75) is 25.9 Å². The maximum Gasteiger partial charge on any atom is 0.184 e. The normalized spacial score (nSPS) is 11.9. The summed E-state index contributed by atoms with van der Waals surface area (Å²) in [6.45, 7) is 2.52. The summed E-state index contributed by atoms with van der Waals surface area (Å²) in [7, 11) is 0. The maximum atomic E-state index is 8.89. The lowest BCUT2D eigenvalue weighted by Gasteiger charge is -2.14. The Labute approximate surface area is 118 Å². The van der Waals surface area contributed by atoms with Crippen LogP contribution in [0.1, 0.15) is 18.9 Å². The fraction of sp³-hybridized carbons (Fsp3) is 0.417. The molecule has 0 bridgehead atoms. The number of nitriles is 1. The molecule has 3 nitrogen and oxygen atoms in total. The monoisotopic (exact) mass is 360 g/mol. The molecule has 2 N–H and O–H groups in total. The molecular formula is C12H14Br2N2O. The van der Waals surface area contributed by atoms with E-state index in [0.29, 0.717) is 18.7 Å². The lowest BCUT2D eigenvalue weighted by molar-refractivity contribution is 0.248. The highest BCUT2D eigenvalue weighted by Gasteiger charge is 2.13. The highest BCUT2D eigenvalue weighted by atomic mass is 79.9. The summed E-state index contributed by atoms with van der Waals surface area (Å²) in [5.74, 6) is 0.666. The van der Waals surface area contributed by atoms with E-state index in [4.69, 9.17) is 15.7 Å². The Balaban J connectivity index is 2.97. The van der Waals surface area contributed by atoms with Crippen molar-refractivity contribution in [2.75, 3.05) is 6.54 Å². The summed E-state index contributed by atoms with van der Waals surface area (Å²) in [4.78, 5) is 0. The average Bonchev–Trinajstić information content (AvgIpc) is 2.29. The van der Waals surface area contributed by atoms with Crippen molar-refractivity contribution in [3.63, 3.8) is 0 Å². The van der Waals surface area contributed by atoms with Crippen molar-refractivity contribution < 1.29 is 4.74 Å². The Morgan fingerprint density at radius 2 is 2.00 bits per heavy atom. The third-order valence-corrected chi connectivity index (χ3v) is 3.44. The van der Waals surface area contributed by atoms with Crippen LogP contribution >= 0.6 is 31.9 Å². The van der Waals surface area contributed by atoms with Crippen LogP contribution in [0.15, 0.2) is 21.1 Å². The molecule has 0 spiro atoms. The van der Waals surface area contributed by atoms with Gasteiger partial charge in [0.05, 0.1) is 8.95 Å². The number of hydrogen-bond donors (Lipinski definition) is 1. The van der Waals surface area contributed by atoms with Crippen molar-refractivity contribution in [3.8, 4) is 11.8 Å². The van der Waals surface area contributed by atoms with Crippen molar-refractivity contribution >= 4 is 31.9 Å². The molecule has 0 amide bonds. The molecule has 1 unspecified atom stereocenters.